The van der Waals surface area contributed by atoms with E-state index in [1.807, 2.05) is 13.8 Å². The van der Waals surface area contributed by atoms with Crippen molar-refractivity contribution in [2.45, 2.75) is 52.4 Å². The topological polar surface area (TPSA) is 67.2 Å². The summed E-state index contributed by atoms with van der Waals surface area (Å²) in [7, 11) is 0. The molecular formula is C24H26ClF3N4O2. The summed E-state index contributed by atoms with van der Waals surface area (Å²) in [5.41, 5.74) is -0.343. The Labute approximate surface area is 200 Å². The zero-order chi connectivity index (χ0) is 25.0. The predicted molar refractivity (Wildman–Crippen MR) is 127 cm³/mol. The van der Waals surface area contributed by atoms with Crippen LogP contribution >= 0.6 is 11.6 Å². The Balaban J connectivity index is 1.96. The van der Waals surface area contributed by atoms with Gasteiger partial charge in [-0.25, -0.2) is 9.78 Å². The number of halogens is 4. The lowest BCUT2D eigenvalue weighted by Crippen LogP contribution is -2.40. The standard InChI is InChI=1S/C24H26ClF3N4O2/c1-4-6-13-32(23(34)29-18-10-7-16(8-11-18)24(26,27)28)15(3)21-30-20-12-9-17(25)14-19(20)22(33)31(21)5-2/h7-12,14-15H,4-6,13H2,1-3H3,(H,29,34). The molecule has 34 heavy (non-hydrogen) atoms. The monoisotopic (exact) mass is 494 g/mol. The van der Waals surface area contributed by atoms with Crippen molar-refractivity contribution in [3.05, 3.63) is 69.2 Å². The fraction of sp³-hybridized carbons (Fsp3) is 0.375. The van der Waals surface area contributed by atoms with Gasteiger partial charge in [-0.3, -0.25) is 9.36 Å². The molecule has 3 rings (SSSR count). The first-order valence-corrected chi connectivity index (χ1v) is 11.4. The van der Waals surface area contributed by atoms with Crippen molar-refractivity contribution in [2.24, 2.45) is 0 Å². The van der Waals surface area contributed by atoms with Gasteiger partial charge in [0.1, 0.15) is 5.82 Å². The highest BCUT2D eigenvalue weighted by molar-refractivity contribution is 6.31. The van der Waals surface area contributed by atoms with Crippen LogP contribution in [0.4, 0.5) is 23.7 Å². The highest BCUT2D eigenvalue weighted by atomic mass is 35.5. The number of benzene rings is 2. The molecule has 0 bridgehead atoms. The van der Waals surface area contributed by atoms with Crippen LogP contribution in [0.1, 0.15) is 51.0 Å². The molecule has 2 aromatic carbocycles. The number of amides is 2. The average Bonchev–Trinajstić information content (AvgIpc) is 2.79. The van der Waals surface area contributed by atoms with Gasteiger partial charge in [-0.2, -0.15) is 13.2 Å². The molecule has 3 aromatic rings. The second-order valence-electron chi connectivity index (χ2n) is 7.91. The fourth-order valence-corrected chi connectivity index (χ4v) is 3.88. The van der Waals surface area contributed by atoms with E-state index in [9.17, 15) is 22.8 Å². The summed E-state index contributed by atoms with van der Waals surface area (Å²) in [6.07, 6.45) is -2.94. The van der Waals surface area contributed by atoms with E-state index in [4.69, 9.17) is 11.6 Å². The molecule has 0 spiro atoms. The second kappa shape index (κ2) is 10.5. The first kappa shape index (κ1) is 25.6. The first-order valence-electron chi connectivity index (χ1n) is 11.0. The average molecular weight is 495 g/mol. The quantitative estimate of drug-likeness (QED) is 0.408. The van der Waals surface area contributed by atoms with E-state index in [1.165, 1.54) is 21.6 Å². The number of rotatable bonds is 7. The molecular weight excluding hydrogens is 469 g/mol. The van der Waals surface area contributed by atoms with Crippen LogP contribution < -0.4 is 10.9 Å². The number of alkyl halides is 3. The van der Waals surface area contributed by atoms with Crippen LogP contribution in [0, 0.1) is 0 Å². The molecule has 10 heteroatoms. The van der Waals surface area contributed by atoms with Crippen molar-refractivity contribution in [2.75, 3.05) is 11.9 Å². The van der Waals surface area contributed by atoms with Crippen molar-refractivity contribution in [3.63, 3.8) is 0 Å². The van der Waals surface area contributed by atoms with Gasteiger partial charge < -0.3 is 10.2 Å². The number of hydrogen-bond acceptors (Lipinski definition) is 3. The van der Waals surface area contributed by atoms with Gasteiger partial charge in [0.25, 0.3) is 5.56 Å². The summed E-state index contributed by atoms with van der Waals surface area (Å²) < 4.78 is 40.0. The van der Waals surface area contributed by atoms with Crippen LogP contribution in [0.2, 0.25) is 5.02 Å². The van der Waals surface area contributed by atoms with Gasteiger partial charge in [0.2, 0.25) is 0 Å². The molecule has 2 amide bonds. The van der Waals surface area contributed by atoms with Crippen LogP contribution in [0.5, 0.6) is 0 Å². The van der Waals surface area contributed by atoms with Crippen molar-refractivity contribution in [3.8, 4) is 0 Å². The lowest BCUT2D eigenvalue weighted by molar-refractivity contribution is -0.137. The highest BCUT2D eigenvalue weighted by Gasteiger charge is 2.30. The molecule has 0 fully saturated rings. The number of nitrogens with one attached hydrogen (secondary N) is 1. The number of nitrogens with zero attached hydrogens (tertiary/aromatic N) is 3. The summed E-state index contributed by atoms with van der Waals surface area (Å²) in [6.45, 7) is 6.29. The first-order chi connectivity index (χ1) is 16.1. The van der Waals surface area contributed by atoms with Crippen molar-refractivity contribution >= 4 is 34.2 Å². The molecule has 0 saturated carbocycles. The Morgan fingerprint density at radius 1 is 1.18 bits per heavy atom. The van der Waals surface area contributed by atoms with Crippen LogP contribution in [0.3, 0.4) is 0 Å². The van der Waals surface area contributed by atoms with Gasteiger partial charge in [0, 0.05) is 23.8 Å². The molecule has 1 atom stereocenters. The molecule has 1 heterocycles. The van der Waals surface area contributed by atoms with Crippen molar-refractivity contribution in [1.82, 2.24) is 14.5 Å². The van der Waals surface area contributed by atoms with E-state index in [-0.39, 0.29) is 11.2 Å². The van der Waals surface area contributed by atoms with Crippen molar-refractivity contribution in [1.29, 1.82) is 0 Å². The van der Waals surface area contributed by atoms with Crippen LogP contribution in [0.25, 0.3) is 10.9 Å². The maximum atomic E-state index is 13.2. The summed E-state index contributed by atoms with van der Waals surface area (Å²) in [5, 5.41) is 3.48. The highest BCUT2D eigenvalue weighted by Crippen LogP contribution is 2.30. The van der Waals surface area contributed by atoms with Gasteiger partial charge in [0.15, 0.2) is 0 Å². The number of urea groups is 1. The maximum absolute atomic E-state index is 13.2. The summed E-state index contributed by atoms with van der Waals surface area (Å²) in [5.74, 6) is 0.418. The summed E-state index contributed by atoms with van der Waals surface area (Å²) in [4.78, 5) is 32.5. The second-order valence-corrected chi connectivity index (χ2v) is 8.35. The Morgan fingerprint density at radius 2 is 1.85 bits per heavy atom. The van der Waals surface area contributed by atoms with Gasteiger partial charge in [0.05, 0.1) is 22.5 Å². The van der Waals surface area contributed by atoms with Gasteiger partial charge in [-0.1, -0.05) is 24.9 Å². The summed E-state index contributed by atoms with van der Waals surface area (Å²) in [6, 6.07) is 8.07. The number of anilines is 1. The van der Waals surface area contributed by atoms with Gasteiger partial charge >= 0.3 is 12.2 Å². The van der Waals surface area contributed by atoms with E-state index in [2.05, 4.69) is 10.3 Å². The number of carbonyl (C=O) groups excluding carboxylic acids is 1. The molecule has 1 aromatic heterocycles. The Hall–Kier alpha value is -3.07. The smallest absolute Gasteiger partial charge is 0.315 e. The molecule has 0 radical (unpaired) electrons. The molecule has 1 N–H and O–H groups in total. The lowest BCUT2D eigenvalue weighted by atomic mass is 10.2. The zero-order valence-electron chi connectivity index (χ0n) is 19.1. The number of hydrogen-bond donors (Lipinski definition) is 1. The van der Waals surface area contributed by atoms with Gasteiger partial charge in [-0.15, -0.1) is 0 Å². The van der Waals surface area contributed by atoms with Crippen LogP contribution in [0.15, 0.2) is 47.3 Å². The third kappa shape index (κ3) is 5.52. The number of unbranched alkanes of at least 4 members (excludes halogenated alkanes) is 1. The molecule has 6 nitrogen and oxygen atoms in total. The largest absolute Gasteiger partial charge is 0.416 e. The molecule has 1 unspecified atom stereocenters. The molecule has 182 valence electrons. The van der Waals surface area contributed by atoms with E-state index in [0.29, 0.717) is 41.3 Å². The Morgan fingerprint density at radius 3 is 2.44 bits per heavy atom. The SMILES string of the molecule is CCCCN(C(=O)Nc1ccc(C(F)(F)F)cc1)C(C)c1nc2ccc(Cl)cc2c(=O)n1CC. The minimum atomic E-state index is -4.46. The lowest BCUT2D eigenvalue weighted by Gasteiger charge is -2.30. The third-order valence-electron chi connectivity index (χ3n) is 5.58. The third-order valence-corrected chi connectivity index (χ3v) is 5.82. The summed E-state index contributed by atoms with van der Waals surface area (Å²) >= 11 is 6.05. The van der Waals surface area contributed by atoms with E-state index >= 15 is 0 Å². The number of aromatic nitrogens is 2. The van der Waals surface area contributed by atoms with Crippen molar-refractivity contribution < 1.29 is 18.0 Å². The Bertz CT molecular complexity index is 1230. The maximum Gasteiger partial charge on any atom is 0.416 e. The van der Waals surface area contributed by atoms with Crippen LogP contribution in [-0.4, -0.2) is 27.0 Å². The molecule has 0 saturated heterocycles. The normalized spacial score (nSPS) is 12.6. The fourth-order valence-electron chi connectivity index (χ4n) is 3.71. The Kier molecular flexibility index (Phi) is 7.86. The number of carbonyl (C=O) groups is 1. The minimum Gasteiger partial charge on any atom is -0.315 e. The van der Waals surface area contributed by atoms with Gasteiger partial charge in [-0.05, 0) is 62.7 Å². The number of fused-ring (bicyclic) bond motifs is 1. The minimum absolute atomic E-state index is 0.237. The van der Waals surface area contributed by atoms with E-state index in [0.717, 1.165) is 18.6 Å². The van der Waals surface area contributed by atoms with E-state index < -0.39 is 23.8 Å². The van der Waals surface area contributed by atoms with Crippen LogP contribution in [-0.2, 0) is 12.7 Å². The molecule has 0 aliphatic rings. The zero-order valence-corrected chi connectivity index (χ0v) is 19.9. The van der Waals surface area contributed by atoms with E-state index in [1.54, 1.807) is 25.1 Å². The predicted octanol–water partition coefficient (Wildman–Crippen LogP) is 6.48. The molecule has 0 aliphatic carbocycles. The molecule has 0 aliphatic heterocycles.